The van der Waals surface area contributed by atoms with E-state index in [0.29, 0.717) is 38.2 Å². The van der Waals surface area contributed by atoms with Gasteiger partial charge >= 0.3 is 7.12 Å². The van der Waals surface area contributed by atoms with Gasteiger partial charge < -0.3 is 24.6 Å². The summed E-state index contributed by atoms with van der Waals surface area (Å²) < 4.78 is 12.1. The van der Waals surface area contributed by atoms with Crippen molar-refractivity contribution in [1.82, 2.24) is 0 Å². The largest absolute Gasteiger partial charge is 0.507 e. The van der Waals surface area contributed by atoms with Crippen molar-refractivity contribution in [3.05, 3.63) is 113 Å². The van der Waals surface area contributed by atoms with Crippen LogP contribution in [0.4, 0.5) is 5.69 Å². The molecule has 4 aromatic rings. The zero-order valence-electron chi connectivity index (χ0n) is 26.1. The van der Waals surface area contributed by atoms with Gasteiger partial charge in [-0.25, -0.2) is 0 Å². The maximum atomic E-state index is 14.0. The maximum Gasteiger partial charge on any atom is 0.488 e. The number of phenolic OH excluding ortho intramolecular Hbond substituents is 1. The average Bonchev–Trinajstić information content (AvgIpc) is 3.62. The molecule has 9 heteroatoms. The Kier molecular flexibility index (Phi) is 8.55. The molecule has 0 aromatic heterocycles. The highest BCUT2D eigenvalue weighted by Gasteiger charge is 2.57. The molecule has 3 aliphatic rings. The SMILES string of the molecule is COCC1=C2[C@@H](CC/C(=C/c3ccc(O)c4ccccc34)c3ccccc3)OC[C@@H]2[C@@H]2C(=O)N(c3cccc(B(O)O)c3)C(=O)[C@@H]2C1. The Morgan fingerprint density at radius 3 is 2.47 bits per heavy atom. The first kappa shape index (κ1) is 31.1. The van der Waals surface area contributed by atoms with E-state index >= 15 is 0 Å². The summed E-state index contributed by atoms with van der Waals surface area (Å²) in [6.45, 7) is 0.688. The van der Waals surface area contributed by atoms with E-state index in [1.54, 1.807) is 31.4 Å². The number of ether oxygens (including phenoxy) is 2. The van der Waals surface area contributed by atoms with Gasteiger partial charge in [0, 0.05) is 18.4 Å². The van der Waals surface area contributed by atoms with Crippen LogP contribution in [0.3, 0.4) is 0 Å². The number of benzene rings is 4. The fourth-order valence-electron chi connectivity index (χ4n) is 7.72. The Morgan fingerprint density at radius 1 is 0.936 bits per heavy atom. The molecule has 0 saturated carbocycles. The summed E-state index contributed by atoms with van der Waals surface area (Å²) in [7, 11) is -0.0738. The van der Waals surface area contributed by atoms with E-state index in [1.807, 2.05) is 48.5 Å². The lowest BCUT2D eigenvalue weighted by Gasteiger charge is -2.31. The normalized spacial score (nSPS) is 22.6. The van der Waals surface area contributed by atoms with Crippen molar-refractivity contribution in [2.75, 3.05) is 25.2 Å². The van der Waals surface area contributed by atoms with Crippen LogP contribution in [-0.4, -0.2) is 60.5 Å². The minimum Gasteiger partial charge on any atom is -0.507 e. The summed E-state index contributed by atoms with van der Waals surface area (Å²) >= 11 is 0. The zero-order chi connectivity index (χ0) is 32.7. The Balaban J connectivity index is 1.19. The minimum absolute atomic E-state index is 0.212. The van der Waals surface area contributed by atoms with Crippen molar-refractivity contribution in [1.29, 1.82) is 0 Å². The zero-order valence-corrected chi connectivity index (χ0v) is 26.1. The maximum absolute atomic E-state index is 14.0. The van der Waals surface area contributed by atoms with E-state index in [4.69, 9.17) is 9.47 Å². The summed E-state index contributed by atoms with van der Waals surface area (Å²) in [5.41, 5.74) is 5.86. The predicted octanol–water partition coefficient (Wildman–Crippen LogP) is 4.71. The highest BCUT2D eigenvalue weighted by molar-refractivity contribution is 6.58. The van der Waals surface area contributed by atoms with Gasteiger partial charge in [0.25, 0.3) is 0 Å². The fourth-order valence-corrected chi connectivity index (χ4v) is 7.72. The van der Waals surface area contributed by atoms with Crippen LogP contribution in [0.15, 0.2) is 102 Å². The third-order valence-electron chi connectivity index (χ3n) is 9.84. The van der Waals surface area contributed by atoms with Crippen LogP contribution in [0.5, 0.6) is 5.75 Å². The van der Waals surface area contributed by atoms with E-state index in [2.05, 4.69) is 18.2 Å². The topological polar surface area (TPSA) is 117 Å². The number of nitrogens with zero attached hydrogens (tertiary/aromatic N) is 1. The van der Waals surface area contributed by atoms with Gasteiger partial charge in [0.15, 0.2) is 0 Å². The summed E-state index contributed by atoms with van der Waals surface area (Å²) in [6.07, 6.45) is 3.73. The van der Waals surface area contributed by atoms with Gasteiger partial charge in [-0.05, 0) is 76.2 Å². The van der Waals surface area contributed by atoms with E-state index in [9.17, 15) is 24.7 Å². The molecule has 238 valence electrons. The number of carbonyl (C=O) groups is 2. The van der Waals surface area contributed by atoms with Crippen LogP contribution in [0.2, 0.25) is 0 Å². The average molecular weight is 630 g/mol. The third kappa shape index (κ3) is 5.70. The number of hydrogen-bond acceptors (Lipinski definition) is 7. The summed E-state index contributed by atoms with van der Waals surface area (Å²) in [6, 6.07) is 28.0. The number of anilines is 1. The molecule has 2 saturated heterocycles. The molecule has 4 aromatic carbocycles. The first-order chi connectivity index (χ1) is 22.9. The first-order valence-electron chi connectivity index (χ1n) is 16.0. The molecule has 0 bridgehead atoms. The Bertz CT molecular complexity index is 1900. The van der Waals surface area contributed by atoms with E-state index in [0.717, 1.165) is 38.6 Å². The second-order valence-electron chi connectivity index (χ2n) is 12.5. The lowest BCUT2D eigenvalue weighted by atomic mass is 9.69. The Morgan fingerprint density at radius 2 is 1.70 bits per heavy atom. The number of phenols is 1. The fraction of sp³-hybridized carbons (Fsp3) is 0.263. The number of hydrogen-bond donors (Lipinski definition) is 3. The molecule has 47 heavy (non-hydrogen) atoms. The van der Waals surface area contributed by atoms with Crippen LogP contribution in [0, 0.1) is 17.8 Å². The lowest BCUT2D eigenvalue weighted by molar-refractivity contribution is -0.122. The van der Waals surface area contributed by atoms with E-state index < -0.39 is 19.0 Å². The second-order valence-corrected chi connectivity index (χ2v) is 12.5. The molecule has 0 spiro atoms. The number of methoxy groups -OCH3 is 1. The number of rotatable bonds is 9. The highest BCUT2D eigenvalue weighted by Crippen LogP contribution is 2.50. The molecule has 8 nitrogen and oxygen atoms in total. The molecule has 4 atom stereocenters. The standard InChI is InChI=1S/C38H36BNO7/c1-46-21-26-19-31-36(38(43)40(37(31)42)28-11-7-10-27(20-28)39(44)45)32-22-47-34(35(26)32)17-15-24(23-8-3-2-4-9-23)18-25-14-16-33(41)30-13-6-5-12-29(25)30/h2-14,16,18,20,31-32,34,36,41,44-45H,15,17,19,21-22H2,1H3/b24-18-/t31-,32+,34-,36-/m1/s1. The first-order valence-corrected chi connectivity index (χ1v) is 16.0. The molecule has 2 amide bonds. The number of aromatic hydroxyl groups is 1. The number of fused-ring (bicyclic) bond motifs is 4. The molecular formula is C38H36BNO7. The molecule has 0 radical (unpaired) electrons. The van der Waals surface area contributed by atoms with Gasteiger partial charge in [-0.2, -0.15) is 0 Å². The van der Waals surface area contributed by atoms with E-state index in [-0.39, 0.29) is 35.0 Å². The van der Waals surface area contributed by atoms with Gasteiger partial charge in [-0.1, -0.05) is 78.9 Å². The second kappa shape index (κ2) is 12.9. The molecule has 7 rings (SSSR count). The predicted molar refractivity (Wildman–Crippen MR) is 182 cm³/mol. The van der Waals surface area contributed by atoms with Crippen LogP contribution < -0.4 is 10.4 Å². The van der Waals surface area contributed by atoms with Crippen molar-refractivity contribution < 1.29 is 34.2 Å². The molecule has 1 aliphatic carbocycles. The quantitative estimate of drug-likeness (QED) is 0.106. The van der Waals surface area contributed by atoms with Crippen molar-refractivity contribution >= 4 is 52.5 Å². The van der Waals surface area contributed by atoms with Gasteiger partial charge in [0.1, 0.15) is 5.75 Å². The van der Waals surface area contributed by atoms with Crippen LogP contribution in [0.25, 0.3) is 22.4 Å². The van der Waals surface area contributed by atoms with Gasteiger partial charge in [-0.3, -0.25) is 14.5 Å². The van der Waals surface area contributed by atoms with Crippen LogP contribution >= 0.6 is 0 Å². The van der Waals surface area contributed by atoms with E-state index in [1.165, 1.54) is 11.0 Å². The monoisotopic (exact) mass is 629 g/mol. The third-order valence-corrected chi connectivity index (χ3v) is 9.84. The van der Waals surface area contributed by atoms with Gasteiger partial charge in [-0.15, -0.1) is 0 Å². The molecule has 2 heterocycles. The van der Waals surface area contributed by atoms with Crippen molar-refractivity contribution in [2.24, 2.45) is 17.8 Å². The summed E-state index contributed by atoms with van der Waals surface area (Å²) in [4.78, 5) is 28.9. The lowest BCUT2D eigenvalue weighted by Crippen LogP contribution is -2.36. The number of imide groups is 1. The Labute approximate surface area is 273 Å². The molecule has 0 unspecified atom stereocenters. The number of allylic oxidation sites excluding steroid dienone is 1. The minimum atomic E-state index is -1.71. The van der Waals surface area contributed by atoms with Gasteiger partial charge in [0.05, 0.1) is 36.8 Å². The van der Waals surface area contributed by atoms with Gasteiger partial charge in [0.2, 0.25) is 11.8 Å². The summed E-state index contributed by atoms with van der Waals surface area (Å²) in [5, 5.41) is 31.6. The highest BCUT2D eigenvalue weighted by atomic mass is 16.5. The van der Waals surface area contributed by atoms with Crippen molar-refractivity contribution in [2.45, 2.75) is 25.4 Å². The number of carbonyl (C=O) groups excluding carboxylic acids is 2. The number of amides is 2. The van der Waals surface area contributed by atoms with Crippen molar-refractivity contribution in [3.63, 3.8) is 0 Å². The smallest absolute Gasteiger partial charge is 0.488 e. The Hall–Kier alpha value is -4.54. The molecule has 2 aliphatic heterocycles. The summed E-state index contributed by atoms with van der Waals surface area (Å²) in [5.74, 6) is -1.66. The molecular weight excluding hydrogens is 593 g/mol. The molecule has 2 fully saturated rings. The molecule has 3 N–H and O–H groups in total. The van der Waals surface area contributed by atoms with Crippen LogP contribution in [0.1, 0.15) is 30.4 Å². The van der Waals surface area contributed by atoms with Crippen molar-refractivity contribution in [3.8, 4) is 5.75 Å². The van der Waals surface area contributed by atoms with Crippen LogP contribution in [-0.2, 0) is 19.1 Å².